The monoisotopic (exact) mass is 355 g/mol. The Morgan fingerprint density at radius 2 is 2.05 bits per heavy atom. The predicted molar refractivity (Wildman–Crippen MR) is 74.6 cm³/mol. The van der Waals surface area contributed by atoms with Gasteiger partial charge in [0.2, 0.25) is 0 Å². The first kappa shape index (κ1) is 15.4. The number of rotatable bonds is 5. The normalized spacial score (nSPS) is 12.7. The molecule has 0 spiro atoms. The van der Waals surface area contributed by atoms with Crippen LogP contribution in [0.5, 0.6) is 0 Å². The Balaban J connectivity index is 2.11. The van der Waals surface area contributed by atoms with Crippen molar-refractivity contribution < 1.29 is 16.8 Å². The molecule has 0 radical (unpaired) electrons. The van der Waals surface area contributed by atoms with Crippen LogP contribution >= 0.6 is 22.0 Å². The topological polar surface area (TPSA) is 98.1 Å². The SMILES string of the molecule is Cn1cnc(S(=O)(=O)NCc2ccc(S(=O)(=O)Cl)s2)c1. The highest BCUT2D eigenvalue weighted by molar-refractivity contribution is 8.15. The number of hydrogen-bond donors (Lipinski definition) is 1. The first-order valence-corrected chi connectivity index (χ1v) is 9.80. The van der Waals surface area contributed by atoms with Crippen molar-refractivity contribution in [1.82, 2.24) is 14.3 Å². The van der Waals surface area contributed by atoms with Gasteiger partial charge in [-0.3, -0.25) is 0 Å². The maximum atomic E-state index is 11.9. The number of aromatic nitrogens is 2. The van der Waals surface area contributed by atoms with Crippen molar-refractivity contribution >= 4 is 41.1 Å². The zero-order valence-corrected chi connectivity index (χ0v) is 13.4. The Morgan fingerprint density at radius 3 is 2.55 bits per heavy atom. The van der Waals surface area contributed by atoms with Crippen LogP contribution in [0, 0.1) is 0 Å². The molecule has 0 aromatic carbocycles. The van der Waals surface area contributed by atoms with Crippen molar-refractivity contribution in [2.45, 2.75) is 15.8 Å². The third-order valence-corrected chi connectivity index (χ3v) is 6.73. The van der Waals surface area contributed by atoms with Crippen molar-refractivity contribution in [3.05, 3.63) is 29.5 Å². The van der Waals surface area contributed by atoms with Crippen molar-refractivity contribution in [3.8, 4) is 0 Å². The molecule has 1 N–H and O–H groups in total. The minimum atomic E-state index is -3.79. The molecule has 0 unspecified atom stereocenters. The lowest BCUT2D eigenvalue weighted by atomic mass is 10.5. The third-order valence-electron chi connectivity index (χ3n) is 2.27. The zero-order valence-electron chi connectivity index (χ0n) is 10.1. The molecule has 2 aromatic rings. The minimum absolute atomic E-state index is 0.0220. The van der Waals surface area contributed by atoms with Crippen LogP contribution in [0.25, 0.3) is 0 Å². The minimum Gasteiger partial charge on any atom is -0.339 e. The van der Waals surface area contributed by atoms with E-state index in [9.17, 15) is 16.8 Å². The molecular weight excluding hydrogens is 346 g/mol. The van der Waals surface area contributed by atoms with Crippen LogP contribution in [0.1, 0.15) is 4.88 Å². The van der Waals surface area contributed by atoms with Gasteiger partial charge in [0.25, 0.3) is 19.1 Å². The number of thiophene rings is 1. The summed E-state index contributed by atoms with van der Waals surface area (Å²) in [6.07, 6.45) is 2.74. The Kier molecular flexibility index (Phi) is 4.21. The number of nitrogens with one attached hydrogen (secondary N) is 1. The van der Waals surface area contributed by atoms with E-state index in [1.807, 2.05) is 0 Å². The molecule has 0 aliphatic rings. The van der Waals surface area contributed by atoms with E-state index < -0.39 is 19.1 Å². The average Bonchev–Trinajstić information content (AvgIpc) is 2.94. The van der Waals surface area contributed by atoms with E-state index in [4.69, 9.17) is 10.7 Å². The molecule has 0 atom stereocenters. The van der Waals surface area contributed by atoms with Crippen LogP contribution in [0.15, 0.2) is 33.9 Å². The van der Waals surface area contributed by atoms with Gasteiger partial charge in [-0.2, -0.15) is 0 Å². The quantitative estimate of drug-likeness (QED) is 0.803. The van der Waals surface area contributed by atoms with Crippen molar-refractivity contribution in [3.63, 3.8) is 0 Å². The van der Waals surface area contributed by atoms with Crippen LogP contribution in [-0.2, 0) is 32.7 Å². The summed E-state index contributed by atoms with van der Waals surface area (Å²) in [5, 5.41) is -0.0956. The summed E-state index contributed by atoms with van der Waals surface area (Å²) in [4.78, 5) is 4.27. The van der Waals surface area contributed by atoms with Crippen LogP contribution < -0.4 is 4.72 Å². The van der Waals surface area contributed by atoms with Gasteiger partial charge >= 0.3 is 0 Å². The second kappa shape index (κ2) is 5.45. The van der Waals surface area contributed by atoms with E-state index in [2.05, 4.69) is 9.71 Å². The highest BCUT2D eigenvalue weighted by Gasteiger charge is 2.18. The lowest BCUT2D eigenvalue weighted by molar-refractivity contribution is 0.578. The first-order valence-electron chi connectivity index (χ1n) is 5.19. The van der Waals surface area contributed by atoms with Gasteiger partial charge in [0, 0.05) is 35.3 Å². The summed E-state index contributed by atoms with van der Waals surface area (Å²) in [6.45, 7) is -0.0318. The summed E-state index contributed by atoms with van der Waals surface area (Å²) in [5.41, 5.74) is 0. The van der Waals surface area contributed by atoms with E-state index >= 15 is 0 Å². The van der Waals surface area contributed by atoms with E-state index in [-0.39, 0.29) is 15.8 Å². The van der Waals surface area contributed by atoms with E-state index in [1.54, 1.807) is 7.05 Å². The molecule has 0 aliphatic heterocycles. The summed E-state index contributed by atoms with van der Waals surface area (Å²) in [6, 6.07) is 2.83. The maximum Gasteiger partial charge on any atom is 0.270 e. The van der Waals surface area contributed by atoms with Crippen molar-refractivity contribution in [2.24, 2.45) is 7.05 Å². The maximum absolute atomic E-state index is 11.9. The molecule has 0 saturated carbocycles. The smallest absolute Gasteiger partial charge is 0.270 e. The van der Waals surface area contributed by atoms with Gasteiger partial charge in [-0.05, 0) is 12.1 Å². The first-order chi connectivity index (χ1) is 9.18. The van der Waals surface area contributed by atoms with E-state index in [0.29, 0.717) is 4.88 Å². The number of imidazole rings is 1. The second-order valence-corrected chi connectivity index (χ2v) is 9.54. The fraction of sp³-hybridized carbons (Fsp3) is 0.222. The van der Waals surface area contributed by atoms with Gasteiger partial charge in [-0.15, -0.1) is 11.3 Å². The van der Waals surface area contributed by atoms with Crippen LogP contribution in [0.4, 0.5) is 0 Å². The molecule has 0 saturated heterocycles. The van der Waals surface area contributed by atoms with Gasteiger partial charge in [-0.1, -0.05) is 0 Å². The lowest BCUT2D eigenvalue weighted by Gasteiger charge is -2.01. The summed E-state index contributed by atoms with van der Waals surface area (Å²) >= 11 is 0.908. The molecule has 0 bridgehead atoms. The van der Waals surface area contributed by atoms with Gasteiger partial charge in [-0.25, -0.2) is 26.5 Å². The number of aryl methyl sites for hydroxylation is 1. The van der Waals surface area contributed by atoms with E-state index in [0.717, 1.165) is 11.3 Å². The predicted octanol–water partition coefficient (Wildman–Crippen LogP) is 0.888. The van der Waals surface area contributed by atoms with Crippen molar-refractivity contribution in [1.29, 1.82) is 0 Å². The Labute approximate surface area is 124 Å². The largest absolute Gasteiger partial charge is 0.339 e. The number of hydrogen-bond acceptors (Lipinski definition) is 6. The number of halogens is 1. The van der Waals surface area contributed by atoms with Crippen molar-refractivity contribution in [2.75, 3.05) is 0 Å². The summed E-state index contributed by atoms with van der Waals surface area (Å²) in [5.74, 6) is 0. The molecule has 110 valence electrons. The van der Waals surface area contributed by atoms with Crippen LogP contribution in [0.3, 0.4) is 0 Å². The van der Waals surface area contributed by atoms with Gasteiger partial charge in [0.1, 0.15) is 4.21 Å². The number of nitrogens with zero attached hydrogens (tertiary/aromatic N) is 2. The third kappa shape index (κ3) is 3.58. The fourth-order valence-electron chi connectivity index (χ4n) is 1.35. The highest BCUT2D eigenvalue weighted by Crippen LogP contribution is 2.24. The average molecular weight is 356 g/mol. The molecule has 7 nitrogen and oxygen atoms in total. The number of sulfonamides is 1. The van der Waals surface area contributed by atoms with Crippen LogP contribution in [-0.4, -0.2) is 26.4 Å². The Morgan fingerprint density at radius 1 is 1.35 bits per heavy atom. The zero-order chi connectivity index (χ0) is 15.0. The molecular formula is C9H10ClN3O4S3. The molecule has 2 rings (SSSR count). The van der Waals surface area contributed by atoms with E-state index in [1.165, 1.54) is 29.2 Å². The molecule has 0 amide bonds. The Hall–Kier alpha value is -0.940. The molecule has 0 fully saturated rings. The molecule has 2 heterocycles. The Bertz CT molecular complexity index is 822. The molecule has 11 heteroatoms. The molecule has 0 aliphatic carbocycles. The van der Waals surface area contributed by atoms with Gasteiger partial charge in [0.15, 0.2) is 5.03 Å². The van der Waals surface area contributed by atoms with Gasteiger partial charge < -0.3 is 4.57 Å². The molecule has 20 heavy (non-hydrogen) atoms. The standard InChI is InChI=1S/C9H10ClN3O4S3/c1-13-5-8(11-6-13)20(16,17)12-4-7-2-3-9(18-7)19(10,14)15/h2-3,5-6,12H,4H2,1H3. The highest BCUT2D eigenvalue weighted by atomic mass is 35.7. The fourth-order valence-corrected chi connectivity index (χ4v) is 4.49. The second-order valence-electron chi connectivity index (χ2n) is 3.86. The van der Waals surface area contributed by atoms with Crippen LogP contribution in [0.2, 0.25) is 0 Å². The molecule has 2 aromatic heterocycles. The summed E-state index contributed by atoms with van der Waals surface area (Å²) < 4.78 is 49.8. The lowest BCUT2D eigenvalue weighted by Crippen LogP contribution is -2.23. The van der Waals surface area contributed by atoms with Gasteiger partial charge in [0.05, 0.1) is 6.33 Å². The summed E-state index contributed by atoms with van der Waals surface area (Å²) in [7, 11) is -0.661.